The van der Waals surface area contributed by atoms with Gasteiger partial charge in [-0.05, 0) is 49.7 Å². The Morgan fingerprint density at radius 2 is 1.11 bits per heavy atom. The third-order valence-electron chi connectivity index (χ3n) is 5.95. The van der Waals surface area contributed by atoms with E-state index >= 15 is 0 Å². The van der Waals surface area contributed by atoms with Gasteiger partial charge in [0.15, 0.2) is 0 Å². The van der Waals surface area contributed by atoms with E-state index in [-0.39, 0.29) is 50.7 Å². The zero-order chi connectivity index (χ0) is 19.8. The molecular formula is C23H22Br2F2O. The van der Waals surface area contributed by atoms with Crippen molar-refractivity contribution in [3.05, 3.63) is 71.3 Å². The lowest BCUT2D eigenvalue weighted by Gasteiger charge is -2.29. The van der Waals surface area contributed by atoms with Gasteiger partial charge in [-0.2, -0.15) is 0 Å². The van der Waals surface area contributed by atoms with E-state index in [2.05, 4.69) is 31.9 Å². The molecule has 1 nitrogen and oxygen atoms in total. The third kappa shape index (κ3) is 4.11. The van der Waals surface area contributed by atoms with Gasteiger partial charge in [0.25, 0.3) is 0 Å². The standard InChI is InChI=1S/C23H22Br2F2O/c24-21(15-5-1-3-7-17(15)26)19(13-9-10-13)23(28)20(14-11-12-14)22(25)16-6-2-4-8-18(16)27/h1-8,13-14,19-22H,9-12H2. The molecule has 2 aliphatic rings. The van der Waals surface area contributed by atoms with Gasteiger partial charge < -0.3 is 0 Å². The molecule has 0 amide bonds. The number of hydrogen-bond donors (Lipinski definition) is 0. The highest BCUT2D eigenvalue weighted by Crippen LogP contribution is 2.54. The fourth-order valence-corrected chi connectivity index (χ4v) is 6.28. The quantitative estimate of drug-likeness (QED) is 0.343. The topological polar surface area (TPSA) is 17.1 Å². The summed E-state index contributed by atoms with van der Waals surface area (Å²) in [6, 6.07) is 13.3. The molecule has 2 aliphatic carbocycles. The molecule has 2 fully saturated rings. The first-order valence-electron chi connectivity index (χ1n) is 9.79. The van der Waals surface area contributed by atoms with Crippen molar-refractivity contribution in [1.82, 2.24) is 0 Å². The van der Waals surface area contributed by atoms with E-state index in [1.165, 1.54) is 12.1 Å². The van der Waals surface area contributed by atoms with E-state index < -0.39 is 0 Å². The molecular weight excluding hydrogens is 490 g/mol. The molecule has 2 saturated carbocycles. The van der Waals surface area contributed by atoms with E-state index in [0.717, 1.165) is 25.7 Å². The molecule has 4 unspecified atom stereocenters. The van der Waals surface area contributed by atoms with Crippen LogP contribution in [0.5, 0.6) is 0 Å². The molecule has 0 heterocycles. The summed E-state index contributed by atoms with van der Waals surface area (Å²) in [5.74, 6) is -0.536. The van der Waals surface area contributed by atoms with Crippen molar-refractivity contribution in [3.63, 3.8) is 0 Å². The van der Waals surface area contributed by atoms with E-state index in [1.54, 1.807) is 36.4 Å². The summed E-state index contributed by atoms with van der Waals surface area (Å²) < 4.78 is 28.8. The first-order valence-corrected chi connectivity index (χ1v) is 11.6. The number of ketones is 1. The van der Waals surface area contributed by atoms with Crippen LogP contribution in [0.3, 0.4) is 0 Å². The zero-order valence-electron chi connectivity index (χ0n) is 15.3. The molecule has 4 rings (SSSR count). The minimum Gasteiger partial charge on any atom is -0.299 e. The van der Waals surface area contributed by atoms with Gasteiger partial charge in [-0.3, -0.25) is 4.79 Å². The second-order valence-corrected chi connectivity index (χ2v) is 9.95. The molecule has 0 N–H and O–H groups in total. The first kappa shape index (κ1) is 20.2. The van der Waals surface area contributed by atoms with Crippen molar-refractivity contribution >= 4 is 37.6 Å². The van der Waals surface area contributed by atoms with E-state index in [9.17, 15) is 13.6 Å². The Labute approximate surface area is 181 Å². The molecule has 2 aromatic carbocycles. The van der Waals surface area contributed by atoms with Gasteiger partial charge in [0.05, 0.1) is 9.65 Å². The lowest BCUT2D eigenvalue weighted by atomic mass is 9.79. The number of rotatable bonds is 8. The summed E-state index contributed by atoms with van der Waals surface area (Å²) in [4.78, 5) is 13.0. The summed E-state index contributed by atoms with van der Waals surface area (Å²) in [5.41, 5.74) is 1.05. The molecule has 5 heteroatoms. The number of halogens is 4. The van der Waals surface area contributed by atoms with Gasteiger partial charge in [0.2, 0.25) is 0 Å². The Morgan fingerprint density at radius 1 is 0.750 bits per heavy atom. The van der Waals surface area contributed by atoms with Gasteiger partial charge in [-0.1, -0.05) is 68.3 Å². The Balaban J connectivity index is 1.65. The smallest absolute Gasteiger partial charge is 0.142 e. The van der Waals surface area contributed by atoms with Crippen LogP contribution in [0.2, 0.25) is 0 Å². The lowest BCUT2D eigenvalue weighted by Crippen LogP contribution is -2.32. The summed E-state index contributed by atoms with van der Waals surface area (Å²) in [7, 11) is 0. The highest BCUT2D eigenvalue weighted by Gasteiger charge is 2.49. The van der Waals surface area contributed by atoms with Crippen molar-refractivity contribution in [2.45, 2.75) is 35.3 Å². The summed E-state index contributed by atoms with van der Waals surface area (Å²) in [6.45, 7) is 0. The second-order valence-electron chi connectivity index (χ2n) is 7.98. The van der Waals surface area contributed by atoms with Crippen LogP contribution in [0.4, 0.5) is 8.78 Å². The summed E-state index contributed by atoms with van der Waals surface area (Å²) in [6.07, 6.45) is 3.93. The molecule has 4 atom stereocenters. The van der Waals surface area contributed by atoms with Gasteiger partial charge in [0.1, 0.15) is 17.4 Å². The average Bonchev–Trinajstić information content (AvgIpc) is 3.57. The predicted molar refractivity (Wildman–Crippen MR) is 114 cm³/mol. The number of carbonyl (C=O) groups excluding carboxylic acids is 1. The molecule has 28 heavy (non-hydrogen) atoms. The monoisotopic (exact) mass is 510 g/mol. The van der Waals surface area contributed by atoms with Crippen LogP contribution in [0.25, 0.3) is 0 Å². The van der Waals surface area contributed by atoms with Crippen molar-refractivity contribution in [2.24, 2.45) is 23.7 Å². The van der Waals surface area contributed by atoms with Crippen molar-refractivity contribution in [1.29, 1.82) is 0 Å². The van der Waals surface area contributed by atoms with Crippen molar-refractivity contribution in [3.8, 4) is 0 Å². The SMILES string of the molecule is O=C(C(C1CC1)C(Br)c1ccccc1F)C(C1CC1)C(Br)c1ccccc1F. The minimum atomic E-state index is -0.365. The number of benzene rings is 2. The van der Waals surface area contributed by atoms with Crippen LogP contribution >= 0.6 is 31.9 Å². The maximum absolute atomic E-state index is 14.4. The molecule has 0 aliphatic heterocycles. The van der Waals surface area contributed by atoms with Crippen LogP contribution in [-0.2, 0) is 4.79 Å². The molecule has 0 radical (unpaired) electrons. The Hall–Kier alpha value is -1.07. The molecule has 0 spiro atoms. The van der Waals surface area contributed by atoms with Crippen LogP contribution in [0.15, 0.2) is 48.5 Å². The largest absolute Gasteiger partial charge is 0.299 e. The fraction of sp³-hybridized carbons (Fsp3) is 0.435. The van der Waals surface area contributed by atoms with Gasteiger partial charge in [0, 0.05) is 23.0 Å². The van der Waals surface area contributed by atoms with Crippen LogP contribution in [-0.4, -0.2) is 5.78 Å². The first-order chi connectivity index (χ1) is 13.5. The fourth-order valence-electron chi connectivity index (χ4n) is 4.15. The molecule has 0 aromatic heterocycles. The van der Waals surface area contributed by atoms with Crippen molar-refractivity contribution in [2.75, 3.05) is 0 Å². The minimum absolute atomic E-state index is 0.125. The Morgan fingerprint density at radius 3 is 1.43 bits per heavy atom. The number of hydrogen-bond acceptors (Lipinski definition) is 1. The van der Waals surface area contributed by atoms with Crippen LogP contribution in [0.1, 0.15) is 46.5 Å². The molecule has 0 bridgehead atoms. The van der Waals surface area contributed by atoms with E-state index in [4.69, 9.17) is 0 Å². The molecule has 2 aromatic rings. The lowest BCUT2D eigenvalue weighted by molar-refractivity contribution is -0.128. The van der Waals surface area contributed by atoms with E-state index in [1.807, 2.05) is 0 Å². The Kier molecular flexibility index (Phi) is 6.03. The summed E-state index contributed by atoms with van der Waals surface area (Å²) >= 11 is 7.30. The average molecular weight is 512 g/mol. The van der Waals surface area contributed by atoms with Crippen molar-refractivity contribution < 1.29 is 13.6 Å². The Bertz CT molecular complexity index is 794. The maximum atomic E-state index is 14.4. The van der Waals surface area contributed by atoms with Gasteiger partial charge in [-0.15, -0.1) is 0 Å². The third-order valence-corrected chi connectivity index (χ3v) is 8.08. The number of Topliss-reactive ketones (excluding diaryl/α,β-unsaturated/α-hetero) is 1. The predicted octanol–water partition coefficient (Wildman–Crippen LogP) is 7.16. The second kappa shape index (κ2) is 8.35. The summed E-state index contributed by atoms with van der Waals surface area (Å²) in [5, 5.41) is 0. The maximum Gasteiger partial charge on any atom is 0.142 e. The zero-order valence-corrected chi connectivity index (χ0v) is 18.5. The van der Waals surface area contributed by atoms with Gasteiger partial charge >= 0.3 is 0 Å². The molecule has 148 valence electrons. The van der Waals surface area contributed by atoms with Crippen LogP contribution < -0.4 is 0 Å². The molecule has 0 saturated heterocycles. The van der Waals surface area contributed by atoms with Gasteiger partial charge in [-0.25, -0.2) is 8.78 Å². The normalized spacial score (nSPS) is 21.0. The van der Waals surface area contributed by atoms with Crippen LogP contribution in [0, 0.1) is 35.3 Å². The number of carbonyl (C=O) groups is 1. The highest BCUT2D eigenvalue weighted by atomic mass is 79.9. The number of alkyl halides is 2. The van der Waals surface area contributed by atoms with E-state index in [0.29, 0.717) is 11.1 Å². The highest BCUT2D eigenvalue weighted by molar-refractivity contribution is 9.09.